The van der Waals surface area contributed by atoms with E-state index in [1.54, 1.807) is 0 Å². The van der Waals surface area contributed by atoms with Crippen molar-refractivity contribution >= 4 is 0 Å². The van der Waals surface area contributed by atoms with Crippen molar-refractivity contribution in [2.45, 2.75) is 38.4 Å². The second-order valence-corrected chi connectivity index (χ2v) is 3.87. The van der Waals surface area contributed by atoms with E-state index in [-0.39, 0.29) is 24.2 Å². The number of hydrogen-bond donors (Lipinski definition) is 1. The lowest BCUT2D eigenvalue weighted by molar-refractivity contribution is -0.0305. The molecule has 0 bridgehead atoms. The van der Waals surface area contributed by atoms with Gasteiger partial charge in [-0.1, -0.05) is 13.0 Å². The van der Waals surface area contributed by atoms with Crippen molar-refractivity contribution in [2.24, 2.45) is 5.92 Å². The molecule has 3 atom stereocenters. The van der Waals surface area contributed by atoms with Crippen molar-refractivity contribution in [1.29, 1.82) is 0 Å². The van der Waals surface area contributed by atoms with Crippen molar-refractivity contribution in [3.05, 3.63) is 12.7 Å². The molecule has 2 heteroatoms. The highest BCUT2D eigenvalue weighted by Crippen LogP contribution is 2.33. The highest BCUT2D eigenvalue weighted by Gasteiger charge is 2.35. The van der Waals surface area contributed by atoms with Crippen LogP contribution in [0.4, 0.5) is 0 Å². The van der Waals surface area contributed by atoms with E-state index in [1.807, 2.05) is 19.9 Å². The quantitative estimate of drug-likeness (QED) is 0.654. The van der Waals surface area contributed by atoms with Gasteiger partial charge in [0.15, 0.2) is 0 Å². The van der Waals surface area contributed by atoms with Gasteiger partial charge in [-0.25, -0.2) is 0 Å². The highest BCUT2D eigenvalue weighted by atomic mass is 16.5. The lowest BCUT2D eigenvalue weighted by Gasteiger charge is -2.23. The molecular weight excluding hydrogens is 152 g/mol. The van der Waals surface area contributed by atoms with Crippen LogP contribution in [0, 0.1) is 5.92 Å². The number of aliphatic hydroxyl groups excluding tert-OH is 1. The lowest BCUT2D eigenvalue weighted by atomic mass is 9.99. The third-order valence-electron chi connectivity index (χ3n) is 2.70. The molecule has 0 aromatic carbocycles. The summed E-state index contributed by atoms with van der Waals surface area (Å²) in [5, 5.41) is 8.93. The standard InChI is InChI=1S/C10H18O2/c1-4-10(3)6-5-9(12-10)8(2)7-11/h4,8-9,11H,1,5-7H2,2-3H3/t8?,9-,10-/m1/s1. The zero-order valence-corrected chi connectivity index (χ0v) is 7.92. The van der Waals surface area contributed by atoms with Gasteiger partial charge in [-0.3, -0.25) is 0 Å². The maximum absolute atomic E-state index is 8.93. The summed E-state index contributed by atoms with van der Waals surface area (Å²) in [4.78, 5) is 0. The van der Waals surface area contributed by atoms with Crippen LogP contribution in [0.2, 0.25) is 0 Å². The van der Waals surface area contributed by atoms with Crippen molar-refractivity contribution in [1.82, 2.24) is 0 Å². The first-order valence-electron chi connectivity index (χ1n) is 4.53. The Morgan fingerprint density at radius 2 is 2.50 bits per heavy atom. The van der Waals surface area contributed by atoms with Crippen LogP contribution < -0.4 is 0 Å². The minimum Gasteiger partial charge on any atom is -0.396 e. The van der Waals surface area contributed by atoms with E-state index in [0.29, 0.717) is 0 Å². The Balaban J connectivity index is 2.50. The Bertz CT molecular complexity index is 167. The maximum atomic E-state index is 8.93. The summed E-state index contributed by atoms with van der Waals surface area (Å²) in [5.74, 6) is 0.242. The molecule has 1 aliphatic rings. The van der Waals surface area contributed by atoms with Gasteiger partial charge < -0.3 is 9.84 Å². The molecule has 1 heterocycles. The van der Waals surface area contributed by atoms with Crippen LogP contribution in [0.5, 0.6) is 0 Å². The fraction of sp³-hybridized carbons (Fsp3) is 0.800. The zero-order chi connectivity index (χ0) is 9.19. The van der Waals surface area contributed by atoms with Crippen LogP contribution in [0.25, 0.3) is 0 Å². The molecule has 0 aromatic heterocycles. The van der Waals surface area contributed by atoms with Crippen LogP contribution in [-0.4, -0.2) is 23.4 Å². The number of hydrogen-bond acceptors (Lipinski definition) is 2. The first kappa shape index (κ1) is 9.75. The first-order valence-corrected chi connectivity index (χ1v) is 4.53. The molecule has 0 amide bonds. The number of aliphatic hydroxyl groups is 1. The van der Waals surface area contributed by atoms with Gasteiger partial charge in [0.1, 0.15) is 0 Å². The number of rotatable bonds is 3. The summed E-state index contributed by atoms with van der Waals surface area (Å²) in [6.07, 6.45) is 4.12. The molecule has 1 aliphatic heterocycles. The predicted octanol–water partition coefficient (Wildman–Crippen LogP) is 1.74. The lowest BCUT2D eigenvalue weighted by Crippen LogP contribution is -2.26. The van der Waals surface area contributed by atoms with Crippen LogP contribution in [0.15, 0.2) is 12.7 Å². The van der Waals surface area contributed by atoms with Crippen molar-refractivity contribution in [3.63, 3.8) is 0 Å². The molecule has 0 aliphatic carbocycles. The van der Waals surface area contributed by atoms with E-state index in [0.717, 1.165) is 12.8 Å². The van der Waals surface area contributed by atoms with Crippen LogP contribution >= 0.6 is 0 Å². The summed E-state index contributed by atoms with van der Waals surface area (Å²) in [5.41, 5.74) is -0.159. The molecule has 0 aromatic rings. The van der Waals surface area contributed by atoms with E-state index < -0.39 is 0 Å². The highest BCUT2D eigenvalue weighted by molar-refractivity contribution is 4.99. The Morgan fingerprint density at radius 1 is 1.83 bits per heavy atom. The normalized spacial score (nSPS) is 38.1. The third kappa shape index (κ3) is 1.87. The average molecular weight is 170 g/mol. The molecule has 70 valence electrons. The van der Waals surface area contributed by atoms with Gasteiger partial charge in [0, 0.05) is 12.5 Å². The van der Waals surface area contributed by atoms with E-state index in [1.165, 1.54) is 0 Å². The summed E-state index contributed by atoms with van der Waals surface area (Å²) < 4.78 is 5.77. The molecule has 1 rings (SSSR count). The second-order valence-electron chi connectivity index (χ2n) is 3.87. The van der Waals surface area contributed by atoms with Gasteiger partial charge in [-0.2, -0.15) is 0 Å². The molecule has 2 nitrogen and oxygen atoms in total. The van der Waals surface area contributed by atoms with Gasteiger partial charge in [-0.15, -0.1) is 6.58 Å². The van der Waals surface area contributed by atoms with Crippen LogP contribution in [0.1, 0.15) is 26.7 Å². The maximum Gasteiger partial charge on any atom is 0.0836 e. The van der Waals surface area contributed by atoms with Crippen LogP contribution in [-0.2, 0) is 4.74 Å². The molecule has 0 radical (unpaired) electrons. The first-order chi connectivity index (χ1) is 5.61. The van der Waals surface area contributed by atoms with Crippen molar-refractivity contribution in [2.75, 3.05) is 6.61 Å². The fourth-order valence-corrected chi connectivity index (χ4v) is 1.56. The molecular formula is C10H18O2. The van der Waals surface area contributed by atoms with E-state index in [9.17, 15) is 0 Å². The number of ether oxygens (including phenoxy) is 1. The van der Waals surface area contributed by atoms with Crippen molar-refractivity contribution < 1.29 is 9.84 Å². The third-order valence-corrected chi connectivity index (χ3v) is 2.70. The fourth-order valence-electron chi connectivity index (χ4n) is 1.56. The minimum atomic E-state index is -0.159. The molecule has 12 heavy (non-hydrogen) atoms. The Labute approximate surface area is 74.2 Å². The van der Waals surface area contributed by atoms with Gasteiger partial charge in [-0.05, 0) is 19.8 Å². The molecule has 1 saturated heterocycles. The second kappa shape index (κ2) is 3.58. The largest absolute Gasteiger partial charge is 0.396 e. The Hall–Kier alpha value is -0.340. The van der Waals surface area contributed by atoms with E-state index in [2.05, 4.69) is 6.58 Å². The van der Waals surface area contributed by atoms with Gasteiger partial charge >= 0.3 is 0 Å². The summed E-state index contributed by atoms with van der Waals surface area (Å²) in [6.45, 7) is 8.01. The molecule has 1 unspecified atom stereocenters. The topological polar surface area (TPSA) is 29.5 Å². The van der Waals surface area contributed by atoms with Gasteiger partial charge in [0.2, 0.25) is 0 Å². The van der Waals surface area contributed by atoms with E-state index in [4.69, 9.17) is 9.84 Å². The average Bonchev–Trinajstić information content (AvgIpc) is 2.48. The smallest absolute Gasteiger partial charge is 0.0836 e. The Kier molecular flexibility index (Phi) is 2.91. The predicted molar refractivity (Wildman–Crippen MR) is 49.0 cm³/mol. The molecule has 0 spiro atoms. The van der Waals surface area contributed by atoms with E-state index >= 15 is 0 Å². The Morgan fingerprint density at radius 3 is 2.92 bits per heavy atom. The summed E-state index contributed by atoms with van der Waals surface area (Å²) in [7, 11) is 0. The van der Waals surface area contributed by atoms with Crippen molar-refractivity contribution in [3.8, 4) is 0 Å². The van der Waals surface area contributed by atoms with Gasteiger partial charge in [0.25, 0.3) is 0 Å². The minimum absolute atomic E-state index is 0.159. The zero-order valence-electron chi connectivity index (χ0n) is 7.92. The summed E-state index contributed by atoms with van der Waals surface area (Å²) >= 11 is 0. The molecule has 1 fully saturated rings. The van der Waals surface area contributed by atoms with Gasteiger partial charge in [0.05, 0.1) is 11.7 Å². The SMILES string of the molecule is C=C[C@]1(C)CC[C@H](C(C)CO)O1. The monoisotopic (exact) mass is 170 g/mol. The molecule has 1 N–H and O–H groups in total. The van der Waals surface area contributed by atoms with Crippen LogP contribution in [0.3, 0.4) is 0 Å². The molecule has 0 saturated carbocycles. The summed E-state index contributed by atoms with van der Waals surface area (Å²) in [6, 6.07) is 0.